The second kappa shape index (κ2) is 5.40. The van der Waals surface area contributed by atoms with E-state index in [1.165, 1.54) is 5.56 Å². The molecule has 19 heavy (non-hydrogen) atoms. The number of para-hydroxylation sites is 1. The van der Waals surface area contributed by atoms with Gasteiger partial charge in [0.1, 0.15) is 17.9 Å². The molecule has 0 saturated carbocycles. The van der Waals surface area contributed by atoms with E-state index in [9.17, 15) is 0 Å². The summed E-state index contributed by atoms with van der Waals surface area (Å²) in [6.07, 6.45) is 3.59. The molecular weight excluding hydrogens is 240 g/mol. The zero-order chi connectivity index (χ0) is 13.1. The average molecular weight is 258 g/mol. The lowest BCUT2D eigenvalue weighted by atomic mass is 9.87. The van der Waals surface area contributed by atoms with Crippen LogP contribution in [0.3, 0.4) is 0 Å². The summed E-state index contributed by atoms with van der Waals surface area (Å²) in [6.45, 7) is 0.786. The molecule has 2 atom stereocenters. The highest BCUT2D eigenvalue weighted by atomic mass is 16.5. The molecule has 0 fully saturated rings. The molecular formula is C14H18N4O. The standard InChI is InChI=1S/C14H18N4O/c1-15-12(14-16-9-17-18-14)8-10-6-7-19-13-5-3-2-4-11(10)13/h2-5,9-10,12,15H,6-8H2,1H3,(H,16,17,18). The van der Waals surface area contributed by atoms with E-state index in [-0.39, 0.29) is 6.04 Å². The Morgan fingerprint density at radius 3 is 3.16 bits per heavy atom. The highest BCUT2D eigenvalue weighted by Gasteiger charge is 2.25. The fourth-order valence-electron chi connectivity index (χ4n) is 2.69. The van der Waals surface area contributed by atoms with E-state index < -0.39 is 0 Å². The number of rotatable bonds is 4. The van der Waals surface area contributed by atoms with E-state index in [4.69, 9.17) is 4.74 Å². The summed E-state index contributed by atoms with van der Waals surface area (Å²) in [6, 6.07) is 8.49. The molecule has 2 unspecified atom stereocenters. The number of aromatic nitrogens is 3. The van der Waals surface area contributed by atoms with Gasteiger partial charge in [0.15, 0.2) is 0 Å². The van der Waals surface area contributed by atoms with Crippen LogP contribution in [0.15, 0.2) is 30.6 Å². The monoisotopic (exact) mass is 258 g/mol. The summed E-state index contributed by atoms with van der Waals surface area (Å²) >= 11 is 0. The molecule has 0 amide bonds. The first-order valence-electron chi connectivity index (χ1n) is 6.62. The van der Waals surface area contributed by atoms with Crippen molar-refractivity contribution in [2.24, 2.45) is 0 Å². The third-order valence-corrected chi connectivity index (χ3v) is 3.72. The first-order chi connectivity index (χ1) is 9.38. The summed E-state index contributed by atoms with van der Waals surface area (Å²) in [5.74, 6) is 2.41. The van der Waals surface area contributed by atoms with Crippen molar-refractivity contribution in [3.05, 3.63) is 42.0 Å². The molecule has 0 bridgehead atoms. The molecule has 2 aromatic rings. The Morgan fingerprint density at radius 1 is 1.47 bits per heavy atom. The van der Waals surface area contributed by atoms with Crippen LogP contribution in [0.2, 0.25) is 0 Å². The molecule has 0 spiro atoms. The van der Waals surface area contributed by atoms with E-state index >= 15 is 0 Å². The topological polar surface area (TPSA) is 62.8 Å². The summed E-state index contributed by atoms with van der Waals surface area (Å²) in [4.78, 5) is 4.25. The Morgan fingerprint density at radius 2 is 2.37 bits per heavy atom. The number of nitrogens with zero attached hydrogens (tertiary/aromatic N) is 2. The highest BCUT2D eigenvalue weighted by Crippen LogP contribution is 2.38. The molecule has 1 aromatic carbocycles. The van der Waals surface area contributed by atoms with E-state index in [1.54, 1.807) is 6.33 Å². The van der Waals surface area contributed by atoms with Crippen LogP contribution in [0.1, 0.15) is 36.2 Å². The van der Waals surface area contributed by atoms with Crippen LogP contribution in [0.25, 0.3) is 0 Å². The lowest BCUT2D eigenvalue weighted by molar-refractivity contribution is 0.255. The predicted octanol–water partition coefficient (Wildman–Crippen LogP) is 2.02. The molecule has 0 aliphatic carbocycles. The Kier molecular flexibility index (Phi) is 3.46. The maximum absolute atomic E-state index is 5.70. The van der Waals surface area contributed by atoms with Crippen molar-refractivity contribution < 1.29 is 4.74 Å². The van der Waals surface area contributed by atoms with Crippen LogP contribution in [-0.2, 0) is 0 Å². The minimum absolute atomic E-state index is 0.193. The van der Waals surface area contributed by atoms with E-state index in [2.05, 4.69) is 32.6 Å². The molecule has 2 heterocycles. The van der Waals surface area contributed by atoms with Crippen LogP contribution < -0.4 is 10.1 Å². The summed E-state index contributed by atoms with van der Waals surface area (Å²) in [5.41, 5.74) is 1.30. The first kappa shape index (κ1) is 12.2. The fourth-order valence-corrected chi connectivity index (χ4v) is 2.69. The quantitative estimate of drug-likeness (QED) is 0.880. The number of ether oxygens (including phenoxy) is 1. The van der Waals surface area contributed by atoms with Gasteiger partial charge in [-0.1, -0.05) is 18.2 Å². The number of H-pyrrole nitrogens is 1. The summed E-state index contributed by atoms with van der Waals surface area (Å²) in [7, 11) is 1.96. The molecule has 3 rings (SSSR count). The van der Waals surface area contributed by atoms with Crippen molar-refractivity contribution in [3.8, 4) is 5.75 Å². The number of aromatic amines is 1. The zero-order valence-electron chi connectivity index (χ0n) is 11.0. The van der Waals surface area contributed by atoms with Crippen LogP contribution in [0, 0.1) is 0 Å². The van der Waals surface area contributed by atoms with Crippen molar-refractivity contribution in [2.45, 2.75) is 24.8 Å². The minimum Gasteiger partial charge on any atom is -0.493 e. The molecule has 1 aliphatic rings. The van der Waals surface area contributed by atoms with Gasteiger partial charge in [0, 0.05) is 0 Å². The average Bonchev–Trinajstić information content (AvgIpc) is 2.99. The van der Waals surface area contributed by atoms with E-state index in [1.807, 2.05) is 19.2 Å². The van der Waals surface area contributed by atoms with Gasteiger partial charge in [-0.05, 0) is 37.4 Å². The molecule has 0 radical (unpaired) electrons. The summed E-state index contributed by atoms with van der Waals surface area (Å²) < 4.78 is 5.70. The van der Waals surface area contributed by atoms with Gasteiger partial charge in [-0.15, -0.1) is 0 Å². The second-order valence-corrected chi connectivity index (χ2v) is 4.82. The van der Waals surface area contributed by atoms with E-state index in [0.717, 1.165) is 31.0 Å². The summed E-state index contributed by atoms with van der Waals surface area (Å²) in [5, 5.41) is 10.2. The van der Waals surface area contributed by atoms with Crippen molar-refractivity contribution >= 4 is 0 Å². The van der Waals surface area contributed by atoms with Gasteiger partial charge in [0.2, 0.25) is 0 Å². The van der Waals surface area contributed by atoms with Crippen LogP contribution in [0.5, 0.6) is 5.75 Å². The number of benzene rings is 1. The molecule has 2 N–H and O–H groups in total. The van der Waals surface area contributed by atoms with Crippen LogP contribution in [-0.4, -0.2) is 28.8 Å². The molecule has 5 heteroatoms. The minimum atomic E-state index is 0.193. The van der Waals surface area contributed by atoms with Gasteiger partial charge < -0.3 is 10.1 Å². The van der Waals surface area contributed by atoms with Crippen molar-refractivity contribution in [3.63, 3.8) is 0 Å². The van der Waals surface area contributed by atoms with Gasteiger partial charge in [0.05, 0.1) is 12.6 Å². The SMILES string of the molecule is CNC(CC1CCOc2ccccc21)c1ncn[nH]1. The van der Waals surface area contributed by atoms with Gasteiger partial charge in [-0.25, -0.2) is 4.98 Å². The van der Waals surface area contributed by atoms with Crippen LogP contribution >= 0.6 is 0 Å². The highest BCUT2D eigenvalue weighted by molar-refractivity contribution is 5.37. The molecule has 100 valence electrons. The second-order valence-electron chi connectivity index (χ2n) is 4.82. The normalized spacial score (nSPS) is 19.5. The largest absolute Gasteiger partial charge is 0.493 e. The molecule has 0 saturated heterocycles. The lowest BCUT2D eigenvalue weighted by Crippen LogP contribution is -2.23. The molecule has 1 aliphatic heterocycles. The third kappa shape index (κ3) is 2.46. The van der Waals surface area contributed by atoms with Gasteiger partial charge in [-0.2, -0.15) is 5.10 Å². The van der Waals surface area contributed by atoms with Crippen molar-refractivity contribution in [2.75, 3.05) is 13.7 Å². The Hall–Kier alpha value is -1.88. The molecule has 1 aromatic heterocycles. The maximum Gasteiger partial charge on any atom is 0.141 e. The zero-order valence-corrected chi connectivity index (χ0v) is 11.0. The number of nitrogens with one attached hydrogen (secondary N) is 2. The Balaban J connectivity index is 1.80. The van der Waals surface area contributed by atoms with Gasteiger partial charge >= 0.3 is 0 Å². The predicted molar refractivity (Wildman–Crippen MR) is 72.1 cm³/mol. The van der Waals surface area contributed by atoms with Gasteiger partial charge in [-0.3, -0.25) is 5.10 Å². The Labute approximate surface area is 112 Å². The maximum atomic E-state index is 5.70. The number of hydrogen-bond donors (Lipinski definition) is 2. The van der Waals surface area contributed by atoms with E-state index in [0.29, 0.717) is 5.92 Å². The van der Waals surface area contributed by atoms with Crippen molar-refractivity contribution in [1.82, 2.24) is 20.5 Å². The first-order valence-corrected chi connectivity index (χ1v) is 6.62. The molecule has 5 nitrogen and oxygen atoms in total. The number of hydrogen-bond acceptors (Lipinski definition) is 4. The smallest absolute Gasteiger partial charge is 0.141 e. The number of fused-ring (bicyclic) bond motifs is 1. The van der Waals surface area contributed by atoms with Crippen LogP contribution in [0.4, 0.5) is 0 Å². The Bertz CT molecular complexity index is 526. The third-order valence-electron chi connectivity index (χ3n) is 3.72. The fraction of sp³-hybridized carbons (Fsp3) is 0.429. The van der Waals surface area contributed by atoms with Crippen molar-refractivity contribution in [1.29, 1.82) is 0 Å². The van der Waals surface area contributed by atoms with Gasteiger partial charge in [0.25, 0.3) is 0 Å². The lowest BCUT2D eigenvalue weighted by Gasteiger charge is -2.28.